The van der Waals surface area contributed by atoms with Crippen molar-refractivity contribution >= 4 is 22.6 Å². The van der Waals surface area contributed by atoms with Crippen LogP contribution in [0, 0.1) is 10.5 Å². The van der Waals surface area contributed by atoms with Crippen LogP contribution >= 0.6 is 22.6 Å². The fourth-order valence-corrected chi connectivity index (χ4v) is 2.30. The first-order valence-corrected chi connectivity index (χ1v) is 8.19. The Bertz CT molecular complexity index is 600. The Morgan fingerprint density at radius 1 is 1.05 bits per heavy atom. The van der Waals surface area contributed by atoms with E-state index in [0.717, 1.165) is 18.0 Å². The fraction of sp³-hybridized carbons (Fsp3) is 0.333. The molecule has 0 aliphatic rings. The Kier molecular flexibility index (Phi) is 5.27. The summed E-state index contributed by atoms with van der Waals surface area (Å²) in [6, 6.07) is 14.4. The van der Waals surface area contributed by atoms with E-state index in [0.29, 0.717) is 0 Å². The van der Waals surface area contributed by atoms with Crippen molar-refractivity contribution in [3.8, 4) is 11.5 Å². The van der Waals surface area contributed by atoms with Crippen LogP contribution in [0.25, 0.3) is 0 Å². The maximum atomic E-state index is 6.04. The number of halogens is 1. The van der Waals surface area contributed by atoms with Crippen molar-refractivity contribution < 1.29 is 4.74 Å². The summed E-state index contributed by atoms with van der Waals surface area (Å²) in [5.74, 6) is 1.79. The molecule has 2 aromatic carbocycles. The highest BCUT2D eigenvalue weighted by Gasteiger charge is 2.11. The molecule has 0 heterocycles. The van der Waals surface area contributed by atoms with E-state index in [-0.39, 0.29) is 5.54 Å². The molecule has 0 fully saturated rings. The van der Waals surface area contributed by atoms with Gasteiger partial charge in [-0.1, -0.05) is 17.7 Å². The van der Waals surface area contributed by atoms with E-state index >= 15 is 0 Å². The van der Waals surface area contributed by atoms with Gasteiger partial charge in [0, 0.05) is 21.2 Å². The van der Waals surface area contributed by atoms with Gasteiger partial charge in [-0.05, 0) is 80.6 Å². The first kappa shape index (κ1) is 16.3. The summed E-state index contributed by atoms with van der Waals surface area (Å²) < 4.78 is 7.25. The van der Waals surface area contributed by atoms with Crippen molar-refractivity contribution in [2.45, 2.75) is 39.8 Å². The van der Waals surface area contributed by atoms with Crippen molar-refractivity contribution in [2.75, 3.05) is 0 Å². The Balaban J connectivity index is 2.20. The van der Waals surface area contributed by atoms with Crippen LogP contribution in [0.1, 0.15) is 31.9 Å². The molecule has 112 valence electrons. The van der Waals surface area contributed by atoms with Crippen LogP contribution in [0.5, 0.6) is 11.5 Å². The van der Waals surface area contributed by atoms with Crippen LogP contribution in [-0.2, 0) is 6.54 Å². The highest BCUT2D eigenvalue weighted by Crippen LogP contribution is 2.27. The minimum absolute atomic E-state index is 0.0872. The minimum Gasteiger partial charge on any atom is -0.457 e. The van der Waals surface area contributed by atoms with Gasteiger partial charge in [-0.15, -0.1) is 0 Å². The zero-order chi connectivity index (χ0) is 15.5. The second-order valence-corrected chi connectivity index (χ2v) is 7.52. The van der Waals surface area contributed by atoms with E-state index in [2.05, 4.69) is 79.9 Å². The van der Waals surface area contributed by atoms with Gasteiger partial charge in [0.15, 0.2) is 0 Å². The van der Waals surface area contributed by atoms with Crippen molar-refractivity contribution in [2.24, 2.45) is 0 Å². The molecule has 2 rings (SSSR count). The zero-order valence-corrected chi connectivity index (χ0v) is 15.2. The molecule has 0 spiro atoms. The average Bonchev–Trinajstić information content (AvgIpc) is 2.40. The average molecular weight is 395 g/mol. The van der Waals surface area contributed by atoms with Gasteiger partial charge in [-0.3, -0.25) is 0 Å². The van der Waals surface area contributed by atoms with Crippen LogP contribution < -0.4 is 10.1 Å². The number of aryl methyl sites for hydroxylation is 1. The number of hydrogen-bond acceptors (Lipinski definition) is 2. The second-order valence-electron chi connectivity index (χ2n) is 6.27. The van der Waals surface area contributed by atoms with Gasteiger partial charge >= 0.3 is 0 Å². The summed E-state index contributed by atoms with van der Waals surface area (Å²) in [5.41, 5.74) is 2.52. The van der Waals surface area contributed by atoms with Gasteiger partial charge in [-0.2, -0.15) is 0 Å². The third kappa shape index (κ3) is 5.32. The van der Waals surface area contributed by atoms with Gasteiger partial charge in [-0.25, -0.2) is 0 Å². The first-order valence-electron chi connectivity index (χ1n) is 7.11. The zero-order valence-electron chi connectivity index (χ0n) is 13.0. The molecule has 0 bridgehead atoms. The topological polar surface area (TPSA) is 21.3 Å². The Labute approximate surface area is 141 Å². The van der Waals surface area contributed by atoms with Gasteiger partial charge in [0.2, 0.25) is 0 Å². The maximum Gasteiger partial charge on any atom is 0.131 e. The smallest absolute Gasteiger partial charge is 0.131 e. The first-order chi connectivity index (χ1) is 9.83. The molecule has 21 heavy (non-hydrogen) atoms. The van der Waals surface area contributed by atoms with Crippen LogP contribution in [0.2, 0.25) is 0 Å². The predicted molar refractivity (Wildman–Crippen MR) is 97.0 cm³/mol. The standard InChI is InChI=1S/C18H22INO/c1-13-5-10-17(14(11-13)12-20-18(2,3)4)21-16-8-6-15(19)7-9-16/h5-11,20H,12H2,1-4H3. The lowest BCUT2D eigenvalue weighted by Crippen LogP contribution is -2.35. The quantitative estimate of drug-likeness (QED) is 0.712. The third-order valence-corrected chi connectivity index (χ3v) is 3.79. The molecule has 0 aliphatic heterocycles. The molecule has 0 radical (unpaired) electrons. The summed E-state index contributed by atoms with van der Waals surface area (Å²) >= 11 is 2.30. The summed E-state index contributed by atoms with van der Waals surface area (Å²) in [5, 5.41) is 3.52. The van der Waals surface area contributed by atoms with Gasteiger partial charge in [0.25, 0.3) is 0 Å². The minimum atomic E-state index is 0.0872. The van der Waals surface area contributed by atoms with Crippen LogP contribution in [0.4, 0.5) is 0 Å². The van der Waals surface area contributed by atoms with Gasteiger partial charge < -0.3 is 10.1 Å². The van der Waals surface area contributed by atoms with Crippen molar-refractivity contribution in [3.63, 3.8) is 0 Å². The highest BCUT2D eigenvalue weighted by atomic mass is 127. The molecule has 2 aromatic rings. The molecular weight excluding hydrogens is 373 g/mol. The van der Waals surface area contributed by atoms with Crippen LogP contribution in [0.15, 0.2) is 42.5 Å². The highest BCUT2D eigenvalue weighted by molar-refractivity contribution is 14.1. The Morgan fingerprint density at radius 3 is 2.33 bits per heavy atom. The van der Waals surface area contributed by atoms with Gasteiger partial charge in [0.05, 0.1) is 0 Å². The number of nitrogens with one attached hydrogen (secondary N) is 1. The van der Waals surface area contributed by atoms with E-state index < -0.39 is 0 Å². The molecule has 0 atom stereocenters. The summed E-state index contributed by atoms with van der Waals surface area (Å²) in [7, 11) is 0. The lowest BCUT2D eigenvalue weighted by molar-refractivity contribution is 0.414. The second kappa shape index (κ2) is 6.79. The van der Waals surface area contributed by atoms with Gasteiger partial charge in [0.1, 0.15) is 11.5 Å². The largest absolute Gasteiger partial charge is 0.457 e. The van der Waals surface area contributed by atoms with E-state index in [1.807, 2.05) is 18.2 Å². The summed E-state index contributed by atoms with van der Waals surface area (Å²) in [6.07, 6.45) is 0. The van der Waals surface area contributed by atoms with E-state index in [4.69, 9.17) is 4.74 Å². The summed E-state index contributed by atoms with van der Waals surface area (Å²) in [6.45, 7) is 9.41. The van der Waals surface area contributed by atoms with Crippen molar-refractivity contribution in [3.05, 3.63) is 57.2 Å². The molecule has 0 aliphatic carbocycles. The summed E-state index contributed by atoms with van der Waals surface area (Å²) in [4.78, 5) is 0. The predicted octanol–water partition coefficient (Wildman–Crippen LogP) is 5.28. The SMILES string of the molecule is Cc1ccc(Oc2ccc(I)cc2)c(CNC(C)(C)C)c1. The molecule has 0 unspecified atom stereocenters. The molecule has 0 amide bonds. The van der Waals surface area contributed by atoms with E-state index in [1.165, 1.54) is 14.7 Å². The Hall–Kier alpha value is -1.07. The number of hydrogen-bond donors (Lipinski definition) is 1. The molecule has 0 saturated carbocycles. The molecular formula is C18H22INO. The number of ether oxygens (including phenoxy) is 1. The molecule has 2 nitrogen and oxygen atoms in total. The fourth-order valence-electron chi connectivity index (χ4n) is 1.94. The lowest BCUT2D eigenvalue weighted by atomic mass is 10.1. The lowest BCUT2D eigenvalue weighted by Gasteiger charge is -2.22. The van der Waals surface area contributed by atoms with Crippen LogP contribution in [0.3, 0.4) is 0 Å². The maximum absolute atomic E-state index is 6.04. The molecule has 1 N–H and O–H groups in total. The molecule has 0 saturated heterocycles. The van der Waals surface area contributed by atoms with E-state index in [1.54, 1.807) is 0 Å². The number of benzene rings is 2. The Morgan fingerprint density at radius 2 is 1.71 bits per heavy atom. The monoisotopic (exact) mass is 395 g/mol. The third-order valence-electron chi connectivity index (χ3n) is 3.07. The number of rotatable bonds is 4. The van der Waals surface area contributed by atoms with Crippen LogP contribution in [-0.4, -0.2) is 5.54 Å². The molecule has 0 aromatic heterocycles. The normalized spacial score (nSPS) is 11.5. The van der Waals surface area contributed by atoms with Crippen molar-refractivity contribution in [1.29, 1.82) is 0 Å². The van der Waals surface area contributed by atoms with E-state index in [9.17, 15) is 0 Å². The molecule has 3 heteroatoms. The van der Waals surface area contributed by atoms with Crippen molar-refractivity contribution in [1.82, 2.24) is 5.32 Å².